The molecule has 6 nitrogen and oxygen atoms in total. The van der Waals surface area contributed by atoms with E-state index in [9.17, 15) is 4.79 Å². The second-order valence-electron chi connectivity index (χ2n) is 9.98. The second-order valence-corrected chi connectivity index (χ2v) is 9.98. The Morgan fingerprint density at radius 3 is 2.17 bits per heavy atom. The molecule has 3 aliphatic rings. The second kappa shape index (κ2) is 11.4. The van der Waals surface area contributed by atoms with E-state index in [2.05, 4.69) is 10.6 Å². The number of fused-ring (bicyclic) bond motifs is 3. The predicted octanol–water partition coefficient (Wildman–Crippen LogP) is 4.83. The van der Waals surface area contributed by atoms with Crippen molar-refractivity contribution in [3.8, 4) is 28.4 Å². The highest BCUT2D eigenvalue weighted by molar-refractivity contribution is 6.23. The Balaban J connectivity index is 1.30. The molecule has 2 unspecified atom stereocenters. The van der Waals surface area contributed by atoms with Crippen molar-refractivity contribution in [3.05, 3.63) is 41.5 Å². The number of carbonyl (C=O) groups excluding carboxylic acids is 1. The SMILES string of the molecule is CCOc1cc(OCCCC2CCNC2)cc2c1-c1c(OCCCC3CCNC3)cccc1C2=O. The van der Waals surface area contributed by atoms with Crippen LogP contribution in [0.5, 0.6) is 17.2 Å². The van der Waals surface area contributed by atoms with Crippen molar-refractivity contribution >= 4 is 5.78 Å². The van der Waals surface area contributed by atoms with Gasteiger partial charge < -0.3 is 24.8 Å². The molecule has 2 fully saturated rings. The maximum absolute atomic E-state index is 13.4. The zero-order valence-electron chi connectivity index (χ0n) is 20.9. The van der Waals surface area contributed by atoms with Crippen molar-refractivity contribution in [2.24, 2.45) is 11.8 Å². The third-order valence-corrected chi connectivity index (χ3v) is 7.51. The smallest absolute Gasteiger partial charge is 0.194 e. The van der Waals surface area contributed by atoms with Crippen LogP contribution in [0.25, 0.3) is 11.1 Å². The first-order valence-electron chi connectivity index (χ1n) is 13.4. The maximum Gasteiger partial charge on any atom is 0.194 e. The summed E-state index contributed by atoms with van der Waals surface area (Å²) in [5, 5.41) is 6.85. The molecule has 0 bridgehead atoms. The van der Waals surface area contributed by atoms with E-state index in [0.717, 1.165) is 67.7 Å². The zero-order chi connectivity index (χ0) is 24.0. The number of carbonyl (C=O) groups is 1. The molecular formula is C29H38N2O4. The van der Waals surface area contributed by atoms with Crippen LogP contribution in [0.3, 0.4) is 0 Å². The van der Waals surface area contributed by atoms with Crippen molar-refractivity contribution < 1.29 is 19.0 Å². The van der Waals surface area contributed by atoms with Gasteiger partial charge in [-0.2, -0.15) is 0 Å². The fraction of sp³-hybridized carbons (Fsp3) is 0.552. The molecule has 188 valence electrons. The first-order chi connectivity index (χ1) is 17.2. The van der Waals surface area contributed by atoms with E-state index >= 15 is 0 Å². The Hall–Kier alpha value is -2.57. The van der Waals surface area contributed by atoms with Gasteiger partial charge in [0.25, 0.3) is 0 Å². The van der Waals surface area contributed by atoms with Gasteiger partial charge in [-0.3, -0.25) is 4.79 Å². The number of ether oxygens (including phenoxy) is 3. The molecule has 2 heterocycles. The van der Waals surface area contributed by atoms with E-state index in [1.165, 1.54) is 25.7 Å². The standard InChI is InChI=1S/C29H38N2O4/c1-2-33-26-17-22(34-14-4-6-20-10-12-30-18-20)16-24-28(26)27-23(29(24)32)8-3-9-25(27)35-15-5-7-21-11-13-31-19-21/h3,8-9,16-17,20-21,30-31H,2,4-7,10-15,18-19H2,1H3. The van der Waals surface area contributed by atoms with Crippen LogP contribution in [0.15, 0.2) is 30.3 Å². The molecule has 1 aliphatic carbocycles. The number of ketones is 1. The fourth-order valence-electron chi connectivity index (χ4n) is 5.66. The van der Waals surface area contributed by atoms with Gasteiger partial charge in [0.1, 0.15) is 17.2 Å². The molecule has 0 aromatic heterocycles. The lowest BCUT2D eigenvalue weighted by atomic mass is 10.0. The maximum atomic E-state index is 13.4. The van der Waals surface area contributed by atoms with Gasteiger partial charge in [-0.25, -0.2) is 0 Å². The van der Waals surface area contributed by atoms with Gasteiger partial charge in [-0.1, -0.05) is 12.1 Å². The number of benzene rings is 2. The Labute approximate surface area is 208 Å². The Morgan fingerprint density at radius 1 is 0.829 bits per heavy atom. The highest BCUT2D eigenvalue weighted by Crippen LogP contribution is 2.49. The van der Waals surface area contributed by atoms with E-state index in [-0.39, 0.29) is 5.78 Å². The number of rotatable bonds is 12. The molecule has 0 amide bonds. The van der Waals surface area contributed by atoms with Crippen molar-refractivity contribution in [2.45, 2.75) is 45.4 Å². The van der Waals surface area contributed by atoms with Crippen molar-refractivity contribution in [1.29, 1.82) is 0 Å². The summed E-state index contributed by atoms with van der Waals surface area (Å²) < 4.78 is 18.4. The normalized spacial score (nSPS) is 20.7. The van der Waals surface area contributed by atoms with Crippen molar-refractivity contribution in [1.82, 2.24) is 10.6 Å². The molecule has 2 saturated heterocycles. The molecule has 2 aliphatic heterocycles. The summed E-state index contributed by atoms with van der Waals surface area (Å²) in [5.74, 6) is 3.67. The quantitative estimate of drug-likeness (QED) is 0.363. The first kappa shape index (κ1) is 24.1. The van der Waals surface area contributed by atoms with E-state index in [0.29, 0.717) is 42.4 Å². The molecular weight excluding hydrogens is 440 g/mol. The molecule has 5 rings (SSSR count). The van der Waals surface area contributed by atoms with E-state index in [4.69, 9.17) is 14.2 Å². The highest BCUT2D eigenvalue weighted by atomic mass is 16.5. The first-order valence-corrected chi connectivity index (χ1v) is 13.4. The summed E-state index contributed by atoms with van der Waals surface area (Å²) in [6.45, 7) is 8.26. The monoisotopic (exact) mass is 478 g/mol. The van der Waals surface area contributed by atoms with E-state index in [1.807, 2.05) is 37.3 Å². The lowest BCUT2D eigenvalue weighted by molar-refractivity contribution is 0.104. The van der Waals surface area contributed by atoms with Gasteiger partial charge in [-0.05, 0) is 95.6 Å². The summed E-state index contributed by atoms with van der Waals surface area (Å²) in [4.78, 5) is 13.4. The van der Waals surface area contributed by atoms with Gasteiger partial charge >= 0.3 is 0 Å². The zero-order valence-corrected chi connectivity index (χ0v) is 20.9. The summed E-state index contributed by atoms with van der Waals surface area (Å²) in [6.07, 6.45) is 6.86. The van der Waals surface area contributed by atoms with Crippen LogP contribution in [-0.2, 0) is 0 Å². The van der Waals surface area contributed by atoms with Gasteiger partial charge in [0.2, 0.25) is 0 Å². The minimum absolute atomic E-state index is 0.0147. The predicted molar refractivity (Wildman–Crippen MR) is 138 cm³/mol. The number of nitrogens with one attached hydrogen (secondary N) is 2. The van der Waals surface area contributed by atoms with Crippen LogP contribution in [-0.4, -0.2) is 51.8 Å². The van der Waals surface area contributed by atoms with Gasteiger partial charge in [0.15, 0.2) is 5.78 Å². The number of hydrogen-bond acceptors (Lipinski definition) is 6. The lowest BCUT2D eigenvalue weighted by Crippen LogP contribution is -2.10. The van der Waals surface area contributed by atoms with E-state index in [1.54, 1.807) is 0 Å². The molecule has 6 heteroatoms. The van der Waals surface area contributed by atoms with Crippen LogP contribution >= 0.6 is 0 Å². The molecule has 0 radical (unpaired) electrons. The van der Waals surface area contributed by atoms with Crippen LogP contribution in [0.1, 0.15) is 61.4 Å². The Kier molecular flexibility index (Phi) is 7.89. The molecule has 2 aromatic carbocycles. The summed E-state index contributed by atoms with van der Waals surface area (Å²) in [5.41, 5.74) is 3.03. The third kappa shape index (κ3) is 5.49. The van der Waals surface area contributed by atoms with E-state index < -0.39 is 0 Å². The summed E-state index contributed by atoms with van der Waals surface area (Å²) in [7, 11) is 0. The Morgan fingerprint density at radius 2 is 1.51 bits per heavy atom. The average molecular weight is 479 g/mol. The fourth-order valence-corrected chi connectivity index (χ4v) is 5.66. The van der Waals surface area contributed by atoms with Crippen LogP contribution in [0.4, 0.5) is 0 Å². The Bertz CT molecular complexity index is 1030. The molecule has 2 atom stereocenters. The minimum atomic E-state index is 0.0147. The van der Waals surface area contributed by atoms with Crippen molar-refractivity contribution in [3.63, 3.8) is 0 Å². The highest BCUT2D eigenvalue weighted by Gasteiger charge is 2.33. The summed E-state index contributed by atoms with van der Waals surface area (Å²) in [6, 6.07) is 9.59. The number of hydrogen-bond donors (Lipinski definition) is 2. The molecule has 0 saturated carbocycles. The topological polar surface area (TPSA) is 68.8 Å². The third-order valence-electron chi connectivity index (χ3n) is 7.51. The summed E-state index contributed by atoms with van der Waals surface area (Å²) >= 11 is 0. The average Bonchev–Trinajstić information content (AvgIpc) is 3.63. The molecule has 2 N–H and O–H groups in total. The molecule has 2 aromatic rings. The van der Waals surface area contributed by atoms with Gasteiger partial charge in [0.05, 0.1) is 19.8 Å². The van der Waals surface area contributed by atoms with Crippen molar-refractivity contribution in [2.75, 3.05) is 46.0 Å². The molecule has 35 heavy (non-hydrogen) atoms. The van der Waals surface area contributed by atoms with Gasteiger partial charge in [0, 0.05) is 28.3 Å². The lowest BCUT2D eigenvalue weighted by Gasteiger charge is -2.16. The minimum Gasteiger partial charge on any atom is -0.493 e. The molecule has 0 spiro atoms. The van der Waals surface area contributed by atoms with Crippen LogP contribution in [0, 0.1) is 11.8 Å². The van der Waals surface area contributed by atoms with Crippen LogP contribution < -0.4 is 24.8 Å². The largest absolute Gasteiger partial charge is 0.493 e. The van der Waals surface area contributed by atoms with Crippen LogP contribution in [0.2, 0.25) is 0 Å². The van der Waals surface area contributed by atoms with Gasteiger partial charge in [-0.15, -0.1) is 0 Å².